The van der Waals surface area contributed by atoms with Crippen LogP contribution in [0.4, 0.5) is 0 Å². The molecule has 2 N–H and O–H groups in total. The van der Waals surface area contributed by atoms with Gasteiger partial charge in [-0.25, -0.2) is 0 Å². The largest absolute Gasteiger partial charge is 0.328 e. The summed E-state index contributed by atoms with van der Waals surface area (Å²) in [6.07, 6.45) is 0. The zero-order valence-corrected chi connectivity index (χ0v) is 9.54. The van der Waals surface area contributed by atoms with Crippen molar-refractivity contribution >= 4 is 0 Å². The van der Waals surface area contributed by atoms with Crippen LogP contribution in [0.2, 0.25) is 0 Å². The first-order valence-corrected chi connectivity index (χ1v) is 4.90. The second-order valence-corrected chi connectivity index (χ2v) is 2.90. The topological polar surface area (TPSA) is 26.0 Å². The molecule has 0 radical (unpaired) electrons. The normalized spacial score (nSPS) is 7.92. The summed E-state index contributed by atoms with van der Waals surface area (Å²) < 4.78 is 0. The van der Waals surface area contributed by atoms with Gasteiger partial charge in [-0.3, -0.25) is 0 Å². The highest BCUT2D eigenvalue weighted by atomic mass is 14.6. The van der Waals surface area contributed by atoms with Crippen molar-refractivity contribution in [2.45, 2.75) is 40.7 Å². The molecule has 0 fully saturated rings. The van der Waals surface area contributed by atoms with Gasteiger partial charge >= 0.3 is 0 Å². The Morgan fingerprint density at radius 3 is 1.46 bits per heavy atom. The molecular formula is C12H23N. The molecule has 76 valence electrons. The van der Waals surface area contributed by atoms with Crippen molar-refractivity contribution in [3.8, 4) is 0 Å². The molecule has 0 atom stereocenters. The Balaban J connectivity index is 0. The summed E-state index contributed by atoms with van der Waals surface area (Å²) in [5.74, 6) is 0. The van der Waals surface area contributed by atoms with Crippen molar-refractivity contribution in [2.75, 3.05) is 0 Å². The van der Waals surface area contributed by atoms with Gasteiger partial charge in [0, 0.05) is 0 Å². The van der Waals surface area contributed by atoms with Gasteiger partial charge in [-0.15, -0.1) is 0 Å². The van der Waals surface area contributed by atoms with E-state index in [0.29, 0.717) is 6.04 Å². The third kappa shape index (κ3) is 18.3. The molecule has 0 bridgehead atoms. The summed E-state index contributed by atoms with van der Waals surface area (Å²) in [5.41, 5.74) is 6.43. The van der Waals surface area contributed by atoms with Gasteiger partial charge in [0.15, 0.2) is 0 Å². The average Bonchev–Trinajstić information content (AvgIpc) is 2.08. The van der Waals surface area contributed by atoms with E-state index >= 15 is 0 Å². The van der Waals surface area contributed by atoms with Crippen LogP contribution < -0.4 is 5.73 Å². The minimum absolute atomic E-state index is 0.333. The van der Waals surface area contributed by atoms with Crippen LogP contribution in [0.15, 0.2) is 30.3 Å². The smallest absolute Gasteiger partial charge is 0.00179 e. The lowest BCUT2D eigenvalue weighted by molar-refractivity contribution is 0.834. The van der Waals surface area contributed by atoms with Gasteiger partial charge in [0.2, 0.25) is 0 Å². The summed E-state index contributed by atoms with van der Waals surface area (Å²) in [4.78, 5) is 0. The Morgan fingerprint density at radius 2 is 1.31 bits per heavy atom. The minimum atomic E-state index is 0.333. The number of benzene rings is 1. The first-order valence-electron chi connectivity index (χ1n) is 4.90. The van der Waals surface area contributed by atoms with E-state index in [0.717, 1.165) is 0 Å². The summed E-state index contributed by atoms with van der Waals surface area (Å²) in [5, 5.41) is 0. The third-order valence-corrected chi connectivity index (χ3v) is 0.940. The summed E-state index contributed by atoms with van der Waals surface area (Å²) in [6, 6.07) is 10.6. The van der Waals surface area contributed by atoms with Crippen LogP contribution in [-0.4, -0.2) is 6.04 Å². The minimum Gasteiger partial charge on any atom is -0.328 e. The standard InChI is InChI=1S/C7H8.C3H9N.C2H6/c1-7-5-3-2-4-6-7;1-3(2)4;1-2/h2-6H,1H3;3H,4H2,1-2H3;1-2H3. The maximum Gasteiger partial charge on any atom is -0.00179 e. The molecule has 1 aromatic rings. The van der Waals surface area contributed by atoms with Crippen LogP contribution >= 0.6 is 0 Å². The van der Waals surface area contributed by atoms with Crippen LogP contribution in [0.3, 0.4) is 0 Å². The SMILES string of the molecule is CC.CC(C)N.Cc1ccccc1. The van der Waals surface area contributed by atoms with Gasteiger partial charge < -0.3 is 5.73 Å². The van der Waals surface area contributed by atoms with Crippen LogP contribution in [0.5, 0.6) is 0 Å². The molecule has 1 aromatic carbocycles. The number of hydrogen-bond donors (Lipinski definition) is 1. The van der Waals surface area contributed by atoms with Gasteiger partial charge in [-0.2, -0.15) is 0 Å². The highest BCUT2D eigenvalue weighted by Crippen LogP contribution is 1.92. The van der Waals surface area contributed by atoms with E-state index in [1.165, 1.54) is 5.56 Å². The Bertz CT molecular complexity index is 165. The van der Waals surface area contributed by atoms with Gasteiger partial charge in [-0.1, -0.05) is 63.6 Å². The molecule has 1 rings (SSSR count). The Morgan fingerprint density at radius 1 is 1.00 bits per heavy atom. The van der Waals surface area contributed by atoms with Crippen LogP contribution in [0, 0.1) is 6.92 Å². The number of hydrogen-bond acceptors (Lipinski definition) is 1. The summed E-state index contributed by atoms with van der Waals surface area (Å²) in [7, 11) is 0. The van der Waals surface area contributed by atoms with Crippen molar-refractivity contribution in [3.05, 3.63) is 35.9 Å². The molecule has 0 aliphatic heterocycles. The van der Waals surface area contributed by atoms with Gasteiger partial charge in [0.1, 0.15) is 0 Å². The van der Waals surface area contributed by atoms with Gasteiger partial charge in [-0.05, 0) is 13.0 Å². The first kappa shape index (κ1) is 14.7. The van der Waals surface area contributed by atoms with Crippen LogP contribution in [-0.2, 0) is 0 Å². The number of nitrogens with two attached hydrogens (primary N) is 1. The average molecular weight is 181 g/mol. The monoisotopic (exact) mass is 181 g/mol. The highest BCUT2D eigenvalue weighted by Gasteiger charge is 1.72. The number of rotatable bonds is 0. The Labute approximate surface area is 83.0 Å². The lowest BCUT2D eigenvalue weighted by Crippen LogP contribution is -2.06. The predicted molar refractivity (Wildman–Crippen MR) is 61.9 cm³/mol. The van der Waals surface area contributed by atoms with E-state index in [-0.39, 0.29) is 0 Å². The van der Waals surface area contributed by atoms with Gasteiger partial charge in [0.25, 0.3) is 0 Å². The van der Waals surface area contributed by atoms with E-state index in [1.807, 2.05) is 45.9 Å². The van der Waals surface area contributed by atoms with E-state index in [4.69, 9.17) is 5.73 Å². The molecule has 1 nitrogen and oxygen atoms in total. The van der Waals surface area contributed by atoms with Crippen LogP contribution in [0.1, 0.15) is 33.3 Å². The second-order valence-electron chi connectivity index (χ2n) is 2.90. The summed E-state index contributed by atoms with van der Waals surface area (Å²) >= 11 is 0. The zero-order valence-electron chi connectivity index (χ0n) is 9.54. The zero-order chi connectivity index (χ0) is 10.7. The lowest BCUT2D eigenvalue weighted by Gasteiger charge is -1.82. The second kappa shape index (κ2) is 11.2. The quantitative estimate of drug-likeness (QED) is 0.652. The number of aryl methyl sites for hydroxylation is 1. The Kier molecular flexibility index (Phi) is 12.6. The molecule has 0 aliphatic rings. The van der Waals surface area contributed by atoms with Crippen LogP contribution in [0.25, 0.3) is 0 Å². The van der Waals surface area contributed by atoms with E-state index < -0.39 is 0 Å². The fraction of sp³-hybridized carbons (Fsp3) is 0.500. The highest BCUT2D eigenvalue weighted by molar-refractivity contribution is 5.11. The predicted octanol–water partition coefficient (Wildman–Crippen LogP) is 3.37. The molecule has 0 aromatic heterocycles. The maximum atomic E-state index is 5.11. The summed E-state index contributed by atoms with van der Waals surface area (Å²) in [6.45, 7) is 9.97. The van der Waals surface area contributed by atoms with Crippen molar-refractivity contribution < 1.29 is 0 Å². The van der Waals surface area contributed by atoms with Crippen molar-refractivity contribution in [1.82, 2.24) is 0 Å². The third-order valence-electron chi connectivity index (χ3n) is 0.940. The molecule has 0 heterocycles. The molecule has 0 amide bonds. The van der Waals surface area contributed by atoms with Crippen molar-refractivity contribution in [2.24, 2.45) is 5.73 Å². The van der Waals surface area contributed by atoms with E-state index in [9.17, 15) is 0 Å². The van der Waals surface area contributed by atoms with E-state index in [1.54, 1.807) is 0 Å². The first-order chi connectivity index (χ1) is 6.13. The molecule has 13 heavy (non-hydrogen) atoms. The van der Waals surface area contributed by atoms with Gasteiger partial charge in [0.05, 0.1) is 0 Å². The molecular weight excluding hydrogens is 158 g/mol. The fourth-order valence-electron chi connectivity index (χ4n) is 0.534. The van der Waals surface area contributed by atoms with E-state index in [2.05, 4.69) is 19.1 Å². The molecule has 0 unspecified atom stereocenters. The molecule has 1 heteroatoms. The maximum absolute atomic E-state index is 5.11. The van der Waals surface area contributed by atoms with Crippen molar-refractivity contribution in [1.29, 1.82) is 0 Å². The van der Waals surface area contributed by atoms with Crippen molar-refractivity contribution in [3.63, 3.8) is 0 Å². The molecule has 0 spiro atoms. The Hall–Kier alpha value is -0.820. The molecule has 0 saturated carbocycles. The molecule has 0 aliphatic carbocycles. The lowest BCUT2D eigenvalue weighted by atomic mass is 10.2. The fourth-order valence-corrected chi connectivity index (χ4v) is 0.534. The molecule has 0 saturated heterocycles.